The van der Waals surface area contributed by atoms with E-state index in [0.717, 1.165) is 19.3 Å². The molecule has 0 heterocycles. The SMILES string of the molecule is CCCCCCCCCCCCCCCCCCCS(=O)(=O)NCC(=O)[O-].[K+]. The van der Waals surface area contributed by atoms with Gasteiger partial charge in [-0.25, -0.2) is 13.1 Å². The molecular weight excluding hydrogens is 401 g/mol. The van der Waals surface area contributed by atoms with Crippen LogP contribution in [-0.2, 0) is 14.8 Å². The fourth-order valence-corrected chi connectivity index (χ4v) is 4.32. The quantitative estimate of drug-likeness (QED) is 0.214. The van der Waals surface area contributed by atoms with Crippen LogP contribution in [0.5, 0.6) is 0 Å². The number of carbonyl (C=O) groups is 1. The summed E-state index contributed by atoms with van der Waals surface area (Å²) >= 11 is 0. The van der Waals surface area contributed by atoms with Crippen molar-refractivity contribution >= 4 is 16.0 Å². The third kappa shape index (κ3) is 25.1. The number of hydrogen-bond donors (Lipinski definition) is 1. The fourth-order valence-electron chi connectivity index (χ4n) is 3.26. The van der Waals surface area contributed by atoms with Gasteiger partial charge >= 0.3 is 51.4 Å². The van der Waals surface area contributed by atoms with Gasteiger partial charge < -0.3 is 9.90 Å². The molecule has 0 radical (unpaired) electrons. The Bertz CT molecular complexity index is 444. The number of carboxylic acid groups (broad SMARTS) is 1. The van der Waals surface area contributed by atoms with Crippen LogP contribution in [0.2, 0.25) is 0 Å². The second kappa shape index (κ2) is 22.7. The maximum Gasteiger partial charge on any atom is 1.00 e. The molecule has 0 aromatic carbocycles. The van der Waals surface area contributed by atoms with Crippen molar-refractivity contribution in [2.45, 2.75) is 116 Å². The van der Waals surface area contributed by atoms with Gasteiger partial charge in [-0.1, -0.05) is 110 Å². The number of sulfonamides is 1. The van der Waals surface area contributed by atoms with Gasteiger partial charge in [0.05, 0.1) is 18.3 Å². The van der Waals surface area contributed by atoms with E-state index in [9.17, 15) is 18.3 Å². The molecule has 0 saturated heterocycles. The van der Waals surface area contributed by atoms with Crippen molar-refractivity contribution in [2.24, 2.45) is 0 Å². The molecule has 0 spiro atoms. The molecule has 7 heteroatoms. The molecule has 0 rings (SSSR count). The molecule has 0 saturated carbocycles. The summed E-state index contributed by atoms with van der Waals surface area (Å²) in [7, 11) is -3.47. The predicted octanol–water partition coefficient (Wildman–Crippen LogP) is 1.31. The van der Waals surface area contributed by atoms with Crippen molar-refractivity contribution in [3.63, 3.8) is 0 Å². The van der Waals surface area contributed by atoms with Gasteiger partial charge in [-0.05, 0) is 6.42 Å². The number of nitrogens with one attached hydrogen (secondary N) is 1. The van der Waals surface area contributed by atoms with E-state index in [1.54, 1.807) is 0 Å². The molecule has 0 unspecified atom stereocenters. The second-order valence-corrected chi connectivity index (χ2v) is 9.60. The molecule has 0 fully saturated rings. The minimum Gasteiger partial charge on any atom is -0.549 e. The van der Waals surface area contributed by atoms with E-state index in [2.05, 4.69) is 6.92 Å². The number of aliphatic carboxylic acids is 1. The van der Waals surface area contributed by atoms with E-state index in [4.69, 9.17) is 0 Å². The largest absolute Gasteiger partial charge is 1.00 e. The first-order valence-electron chi connectivity index (χ1n) is 11.1. The van der Waals surface area contributed by atoms with Crippen molar-refractivity contribution in [2.75, 3.05) is 12.3 Å². The van der Waals surface area contributed by atoms with E-state index in [-0.39, 0.29) is 57.1 Å². The molecule has 1 N–H and O–H groups in total. The Morgan fingerprint density at radius 1 is 0.679 bits per heavy atom. The smallest absolute Gasteiger partial charge is 0.549 e. The summed E-state index contributed by atoms with van der Waals surface area (Å²) in [5.74, 6) is -1.40. The van der Waals surface area contributed by atoms with Crippen molar-refractivity contribution in [1.29, 1.82) is 0 Å². The molecule has 0 aliphatic carbocycles. The molecule has 0 aromatic heterocycles. The third-order valence-electron chi connectivity index (χ3n) is 4.95. The number of rotatable bonds is 21. The number of carbonyl (C=O) groups excluding carboxylic acids is 1. The molecule has 0 aromatic rings. The Morgan fingerprint density at radius 3 is 1.32 bits per heavy atom. The average molecular weight is 444 g/mol. The van der Waals surface area contributed by atoms with E-state index in [1.165, 1.54) is 83.5 Å². The Hall–Kier alpha value is 1.02. The summed E-state index contributed by atoms with van der Waals surface area (Å²) < 4.78 is 25.0. The van der Waals surface area contributed by atoms with Gasteiger partial charge in [0.15, 0.2) is 0 Å². The van der Waals surface area contributed by atoms with E-state index in [1.807, 2.05) is 4.72 Å². The third-order valence-corrected chi connectivity index (χ3v) is 6.36. The van der Waals surface area contributed by atoms with Crippen LogP contribution in [0.1, 0.15) is 116 Å². The molecule has 0 amide bonds. The zero-order valence-corrected chi connectivity index (χ0v) is 22.4. The van der Waals surface area contributed by atoms with Crippen molar-refractivity contribution in [3.05, 3.63) is 0 Å². The standard InChI is InChI=1S/C21H43NO4S.K/c1-2-3-4-5-6-7-8-9-10-11-12-13-14-15-16-17-18-19-27(25,26)22-20-21(23)24;/h22H,2-20H2,1H3,(H,23,24);/q;+1/p-1. The molecular formula is C21H42KNO4S. The van der Waals surface area contributed by atoms with Gasteiger partial charge in [0.25, 0.3) is 0 Å². The first kappa shape index (κ1) is 31.2. The molecule has 0 atom stereocenters. The molecule has 0 aliphatic rings. The van der Waals surface area contributed by atoms with Crippen LogP contribution >= 0.6 is 0 Å². The van der Waals surface area contributed by atoms with Crippen LogP contribution in [0, 0.1) is 0 Å². The molecule has 0 bridgehead atoms. The number of hydrogen-bond acceptors (Lipinski definition) is 4. The van der Waals surface area contributed by atoms with E-state index >= 15 is 0 Å². The molecule has 162 valence electrons. The van der Waals surface area contributed by atoms with Gasteiger partial charge in [-0.3, -0.25) is 0 Å². The van der Waals surface area contributed by atoms with Gasteiger partial charge in [0.1, 0.15) is 0 Å². The summed E-state index contributed by atoms with van der Waals surface area (Å²) in [5.41, 5.74) is 0. The summed E-state index contributed by atoms with van der Waals surface area (Å²) in [6.07, 6.45) is 21.3. The van der Waals surface area contributed by atoms with Crippen molar-refractivity contribution in [3.8, 4) is 0 Å². The van der Waals surface area contributed by atoms with Crippen molar-refractivity contribution in [1.82, 2.24) is 4.72 Å². The summed E-state index contributed by atoms with van der Waals surface area (Å²) in [4.78, 5) is 10.2. The maximum absolute atomic E-state index is 11.5. The zero-order valence-electron chi connectivity index (χ0n) is 18.5. The minimum absolute atomic E-state index is 0. The molecule has 0 aliphatic heterocycles. The van der Waals surface area contributed by atoms with Crippen LogP contribution in [0.15, 0.2) is 0 Å². The van der Waals surface area contributed by atoms with Gasteiger partial charge in [0.2, 0.25) is 10.0 Å². The minimum atomic E-state index is -3.47. The van der Waals surface area contributed by atoms with Gasteiger partial charge in [0, 0.05) is 0 Å². The zero-order chi connectivity index (χ0) is 20.2. The summed E-state index contributed by atoms with van der Waals surface area (Å²) in [5, 5.41) is 10.2. The summed E-state index contributed by atoms with van der Waals surface area (Å²) in [6.45, 7) is 1.62. The van der Waals surface area contributed by atoms with E-state index < -0.39 is 22.5 Å². The van der Waals surface area contributed by atoms with Crippen LogP contribution < -0.4 is 61.2 Å². The van der Waals surface area contributed by atoms with Gasteiger partial charge in [-0.2, -0.15) is 0 Å². The number of carboxylic acids is 1. The van der Waals surface area contributed by atoms with Gasteiger partial charge in [-0.15, -0.1) is 0 Å². The predicted molar refractivity (Wildman–Crippen MR) is 111 cm³/mol. The van der Waals surface area contributed by atoms with Crippen LogP contribution in [-0.4, -0.2) is 26.7 Å². The van der Waals surface area contributed by atoms with Crippen molar-refractivity contribution < 1.29 is 69.7 Å². The topological polar surface area (TPSA) is 86.3 Å². The summed E-state index contributed by atoms with van der Waals surface area (Å²) in [6, 6.07) is 0. The van der Waals surface area contributed by atoms with Crippen LogP contribution in [0.25, 0.3) is 0 Å². The maximum atomic E-state index is 11.5. The van der Waals surface area contributed by atoms with E-state index in [0.29, 0.717) is 6.42 Å². The number of unbranched alkanes of at least 4 members (excludes halogenated alkanes) is 16. The monoisotopic (exact) mass is 443 g/mol. The fraction of sp³-hybridized carbons (Fsp3) is 0.952. The van der Waals surface area contributed by atoms with Crippen LogP contribution in [0.3, 0.4) is 0 Å². The Balaban J connectivity index is 0. The average Bonchev–Trinajstić information content (AvgIpc) is 2.62. The Kier molecular flexibility index (Phi) is 25.3. The Labute approximate surface area is 216 Å². The second-order valence-electron chi connectivity index (χ2n) is 7.67. The first-order chi connectivity index (χ1) is 13.0. The molecule has 28 heavy (non-hydrogen) atoms. The normalized spacial score (nSPS) is 11.3. The molecule has 5 nitrogen and oxygen atoms in total. The van der Waals surface area contributed by atoms with Crippen LogP contribution in [0.4, 0.5) is 0 Å². The first-order valence-corrected chi connectivity index (χ1v) is 12.8. The Morgan fingerprint density at radius 2 is 1.00 bits per heavy atom.